The van der Waals surface area contributed by atoms with Crippen LogP contribution < -0.4 is 11.3 Å². The molecule has 2 rings (SSSR count). The lowest BCUT2D eigenvalue weighted by atomic mass is 10.1. The first-order chi connectivity index (χ1) is 8.71. The second-order valence-electron chi connectivity index (χ2n) is 4.03. The van der Waals surface area contributed by atoms with Crippen LogP contribution in [0.15, 0.2) is 23.0 Å². The molecule has 0 bridgehead atoms. The maximum absolute atomic E-state index is 12.6. The van der Waals surface area contributed by atoms with Crippen molar-refractivity contribution >= 4 is 22.5 Å². The molecule has 0 saturated heterocycles. The standard InChI is InChI=1S/C11H9ClF3N3O/c1-5(16)18-9(19)7-3-2-6(11(13,14)15)4-8(7)17-10(18)12/h2-5H,16H2,1H3. The van der Waals surface area contributed by atoms with Crippen LogP contribution in [0.1, 0.15) is 18.7 Å². The molecule has 2 aromatic rings. The molecule has 0 spiro atoms. The van der Waals surface area contributed by atoms with E-state index in [2.05, 4.69) is 4.98 Å². The third-order valence-corrected chi connectivity index (χ3v) is 2.86. The molecular formula is C11H9ClF3N3O. The summed E-state index contributed by atoms with van der Waals surface area (Å²) < 4.78 is 38.7. The van der Waals surface area contributed by atoms with Gasteiger partial charge in [0.15, 0.2) is 0 Å². The Kier molecular flexibility index (Phi) is 3.27. The fourth-order valence-electron chi connectivity index (χ4n) is 1.70. The smallest absolute Gasteiger partial charge is 0.311 e. The van der Waals surface area contributed by atoms with Crippen molar-refractivity contribution in [3.8, 4) is 0 Å². The Labute approximate surface area is 110 Å². The lowest BCUT2D eigenvalue weighted by molar-refractivity contribution is -0.137. The van der Waals surface area contributed by atoms with Crippen molar-refractivity contribution in [1.82, 2.24) is 9.55 Å². The number of hydrogen-bond donors (Lipinski definition) is 1. The van der Waals surface area contributed by atoms with Crippen LogP contribution in [0.2, 0.25) is 5.28 Å². The topological polar surface area (TPSA) is 60.9 Å². The second-order valence-corrected chi connectivity index (χ2v) is 4.36. The van der Waals surface area contributed by atoms with E-state index in [0.29, 0.717) is 0 Å². The quantitative estimate of drug-likeness (QED) is 0.821. The molecule has 1 heterocycles. The van der Waals surface area contributed by atoms with E-state index in [1.807, 2.05) is 0 Å². The van der Waals surface area contributed by atoms with Gasteiger partial charge in [-0.15, -0.1) is 0 Å². The van der Waals surface area contributed by atoms with E-state index in [1.165, 1.54) is 6.92 Å². The van der Waals surface area contributed by atoms with Gasteiger partial charge in [0.05, 0.1) is 22.6 Å². The van der Waals surface area contributed by atoms with Gasteiger partial charge in [0.2, 0.25) is 5.28 Å². The van der Waals surface area contributed by atoms with Crippen molar-refractivity contribution in [3.05, 3.63) is 39.4 Å². The van der Waals surface area contributed by atoms with E-state index in [1.54, 1.807) is 0 Å². The molecule has 102 valence electrons. The number of hydrogen-bond acceptors (Lipinski definition) is 3. The first-order valence-electron chi connectivity index (χ1n) is 5.26. The van der Waals surface area contributed by atoms with Gasteiger partial charge in [-0.3, -0.25) is 9.36 Å². The normalized spacial score (nSPS) is 13.8. The molecule has 4 nitrogen and oxygen atoms in total. The van der Waals surface area contributed by atoms with Gasteiger partial charge < -0.3 is 5.73 Å². The van der Waals surface area contributed by atoms with Crippen molar-refractivity contribution < 1.29 is 13.2 Å². The molecular weight excluding hydrogens is 283 g/mol. The molecule has 1 atom stereocenters. The maximum Gasteiger partial charge on any atom is 0.416 e. The average Bonchev–Trinajstić information content (AvgIpc) is 2.26. The average molecular weight is 292 g/mol. The Morgan fingerprint density at radius 3 is 2.58 bits per heavy atom. The van der Waals surface area contributed by atoms with Gasteiger partial charge in [-0.25, -0.2) is 4.98 Å². The van der Waals surface area contributed by atoms with E-state index >= 15 is 0 Å². The minimum atomic E-state index is -4.50. The summed E-state index contributed by atoms with van der Waals surface area (Å²) in [6.45, 7) is 1.52. The minimum Gasteiger partial charge on any atom is -0.311 e. The highest BCUT2D eigenvalue weighted by Gasteiger charge is 2.31. The number of aromatic nitrogens is 2. The van der Waals surface area contributed by atoms with Crippen molar-refractivity contribution in [1.29, 1.82) is 0 Å². The molecule has 0 aliphatic rings. The zero-order valence-electron chi connectivity index (χ0n) is 9.70. The molecule has 1 unspecified atom stereocenters. The van der Waals surface area contributed by atoms with Crippen LogP contribution in [-0.4, -0.2) is 9.55 Å². The minimum absolute atomic E-state index is 0.0368. The molecule has 0 fully saturated rings. The van der Waals surface area contributed by atoms with Gasteiger partial charge in [-0.05, 0) is 36.7 Å². The third-order valence-electron chi connectivity index (χ3n) is 2.59. The molecule has 0 aliphatic heterocycles. The molecule has 0 amide bonds. The number of rotatable bonds is 1. The van der Waals surface area contributed by atoms with Gasteiger partial charge in [0.25, 0.3) is 5.56 Å². The summed E-state index contributed by atoms with van der Waals surface area (Å²) in [6, 6.07) is 2.68. The van der Waals surface area contributed by atoms with Crippen LogP contribution in [0.3, 0.4) is 0 Å². The zero-order valence-corrected chi connectivity index (χ0v) is 10.5. The summed E-state index contributed by atoms with van der Waals surface area (Å²) in [6.07, 6.45) is -5.22. The fraction of sp³-hybridized carbons (Fsp3) is 0.273. The number of alkyl halides is 3. The van der Waals surface area contributed by atoms with Crippen molar-refractivity contribution in [2.75, 3.05) is 0 Å². The number of nitrogens with two attached hydrogens (primary N) is 1. The summed E-state index contributed by atoms with van der Waals surface area (Å²) >= 11 is 5.76. The number of nitrogens with zero attached hydrogens (tertiary/aromatic N) is 2. The molecule has 19 heavy (non-hydrogen) atoms. The highest BCUT2D eigenvalue weighted by Crippen LogP contribution is 2.30. The van der Waals surface area contributed by atoms with Crippen LogP contribution in [-0.2, 0) is 6.18 Å². The van der Waals surface area contributed by atoms with Crippen molar-refractivity contribution in [2.24, 2.45) is 5.73 Å². The third kappa shape index (κ3) is 2.43. The number of fused-ring (bicyclic) bond motifs is 1. The predicted octanol–water partition coefficient (Wildman–Crippen LogP) is 2.55. The first-order valence-corrected chi connectivity index (χ1v) is 5.64. The molecule has 0 saturated carbocycles. The number of benzene rings is 1. The molecule has 0 radical (unpaired) electrons. The van der Waals surface area contributed by atoms with Crippen LogP contribution in [0.4, 0.5) is 13.2 Å². The van der Waals surface area contributed by atoms with Crippen molar-refractivity contribution in [3.63, 3.8) is 0 Å². The molecule has 8 heteroatoms. The molecule has 1 aromatic carbocycles. The monoisotopic (exact) mass is 291 g/mol. The van der Waals surface area contributed by atoms with E-state index in [4.69, 9.17) is 17.3 Å². The number of halogens is 4. The van der Waals surface area contributed by atoms with Crippen LogP contribution in [0.5, 0.6) is 0 Å². The van der Waals surface area contributed by atoms with Crippen molar-refractivity contribution in [2.45, 2.75) is 19.3 Å². The van der Waals surface area contributed by atoms with E-state index < -0.39 is 23.5 Å². The maximum atomic E-state index is 12.6. The highest BCUT2D eigenvalue weighted by atomic mass is 35.5. The van der Waals surface area contributed by atoms with E-state index in [-0.39, 0.29) is 16.2 Å². The van der Waals surface area contributed by atoms with Crippen LogP contribution in [0.25, 0.3) is 10.9 Å². The van der Waals surface area contributed by atoms with Gasteiger partial charge in [-0.2, -0.15) is 13.2 Å². The summed E-state index contributed by atoms with van der Waals surface area (Å²) in [4.78, 5) is 15.8. The Bertz CT molecular complexity index is 694. The van der Waals surface area contributed by atoms with Crippen LogP contribution in [0, 0.1) is 0 Å². The van der Waals surface area contributed by atoms with Gasteiger partial charge in [0, 0.05) is 0 Å². The van der Waals surface area contributed by atoms with Gasteiger partial charge >= 0.3 is 6.18 Å². The molecule has 0 aliphatic carbocycles. The molecule has 2 N–H and O–H groups in total. The summed E-state index contributed by atoms with van der Waals surface area (Å²) in [5.41, 5.74) is 4.00. The molecule has 1 aromatic heterocycles. The largest absolute Gasteiger partial charge is 0.416 e. The predicted molar refractivity (Wildman–Crippen MR) is 64.9 cm³/mol. The van der Waals surface area contributed by atoms with Gasteiger partial charge in [0.1, 0.15) is 0 Å². The lowest BCUT2D eigenvalue weighted by Crippen LogP contribution is -2.29. The van der Waals surface area contributed by atoms with E-state index in [9.17, 15) is 18.0 Å². The summed E-state index contributed by atoms with van der Waals surface area (Å²) in [7, 11) is 0. The van der Waals surface area contributed by atoms with Crippen LogP contribution >= 0.6 is 11.6 Å². The zero-order chi connectivity index (χ0) is 14.4. The highest BCUT2D eigenvalue weighted by molar-refractivity contribution is 6.28. The Balaban J connectivity index is 2.78. The Morgan fingerprint density at radius 2 is 2.05 bits per heavy atom. The summed E-state index contributed by atoms with van der Waals surface area (Å²) in [5.74, 6) is 0. The van der Waals surface area contributed by atoms with E-state index in [0.717, 1.165) is 22.8 Å². The lowest BCUT2D eigenvalue weighted by Gasteiger charge is -2.13. The second kappa shape index (κ2) is 4.50. The Morgan fingerprint density at radius 1 is 1.42 bits per heavy atom. The Hall–Kier alpha value is -1.60. The SMILES string of the molecule is CC(N)n1c(Cl)nc2cc(C(F)(F)F)ccc2c1=O. The van der Waals surface area contributed by atoms with Gasteiger partial charge in [-0.1, -0.05) is 0 Å². The fourth-order valence-corrected chi connectivity index (χ4v) is 2.02. The first kappa shape index (κ1) is 13.8. The summed E-state index contributed by atoms with van der Waals surface area (Å²) in [5, 5.41) is -0.207.